The lowest BCUT2D eigenvalue weighted by Gasteiger charge is -2.33. The van der Waals surface area contributed by atoms with E-state index >= 15 is 0 Å². The van der Waals surface area contributed by atoms with Crippen molar-refractivity contribution in [2.75, 3.05) is 19.3 Å². The fourth-order valence-corrected chi connectivity index (χ4v) is 3.57. The lowest BCUT2D eigenvalue weighted by atomic mass is 9.91. The van der Waals surface area contributed by atoms with Gasteiger partial charge < -0.3 is 10.6 Å². The van der Waals surface area contributed by atoms with Crippen LogP contribution in [0.25, 0.3) is 0 Å². The third kappa shape index (κ3) is 4.48. The lowest BCUT2D eigenvalue weighted by molar-refractivity contribution is 0.192. The molecule has 1 aromatic carbocycles. The highest BCUT2D eigenvalue weighted by molar-refractivity contribution is 7.99. The van der Waals surface area contributed by atoms with Gasteiger partial charge in [0.25, 0.3) is 0 Å². The molecule has 1 fully saturated rings. The largest absolute Gasteiger partial charge is 0.328 e. The fourth-order valence-electron chi connectivity index (χ4n) is 2.59. The monoisotopic (exact) mass is 282 g/mol. The van der Waals surface area contributed by atoms with E-state index in [4.69, 9.17) is 5.73 Å². The molecule has 1 aliphatic carbocycles. The molecule has 2 nitrogen and oxygen atoms in total. The molecule has 0 saturated heterocycles. The van der Waals surface area contributed by atoms with E-state index in [-0.39, 0.29) is 5.82 Å². The standard InChI is InChI=1S/C15H23FN2S/c1-18(13-8-6-12(17)7-9-13)10-11-19-15-5-3-2-4-14(15)16/h2-5,12-13H,6-11,17H2,1H3. The summed E-state index contributed by atoms with van der Waals surface area (Å²) in [5.41, 5.74) is 5.93. The van der Waals surface area contributed by atoms with E-state index in [1.807, 2.05) is 12.1 Å². The minimum atomic E-state index is -0.112. The lowest BCUT2D eigenvalue weighted by Crippen LogP contribution is -2.39. The second kappa shape index (κ2) is 7.27. The van der Waals surface area contributed by atoms with Gasteiger partial charge in [-0.3, -0.25) is 0 Å². The van der Waals surface area contributed by atoms with Gasteiger partial charge in [-0.1, -0.05) is 12.1 Å². The summed E-state index contributed by atoms with van der Waals surface area (Å²) in [6, 6.07) is 8.04. The van der Waals surface area contributed by atoms with Crippen molar-refractivity contribution in [1.29, 1.82) is 0 Å². The molecule has 0 heterocycles. The summed E-state index contributed by atoms with van der Waals surface area (Å²) in [6.07, 6.45) is 4.66. The maximum atomic E-state index is 13.5. The van der Waals surface area contributed by atoms with Crippen molar-refractivity contribution < 1.29 is 4.39 Å². The Kier molecular flexibility index (Phi) is 5.67. The van der Waals surface area contributed by atoms with E-state index < -0.39 is 0 Å². The Labute approximate surface area is 119 Å². The fraction of sp³-hybridized carbons (Fsp3) is 0.600. The van der Waals surface area contributed by atoms with E-state index in [1.54, 1.807) is 17.8 Å². The Hall–Kier alpha value is -0.580. The molecule has 0 amide bonds. The van der Waals surface area contributed by atoms with E-state index in [1.165, 1.54) is 18.9 Å². The quantitative estimate of drug-likeness (QED) is 0.841. The second-order valence-corrected chi connectivity index (χ2v) is 6.46. The SMILES string of the molecule is CN(CCSc1ccccc1F)C1CCC(N)CC1. The predicted octanol–water partition coefficient (Wildman–Crippen LogP) is 3.12. The van der Waals surface area contributed by atoms with Crippen LogP contribution in [0.1, 0.15) is 25.7 Å². The zero-order valence-corrected chi connectivity index (χ0v) is 12.3. The molecule has 2 rings (SSSR count). The third-order valence-electron chi connectivity index (χ3n) is 3.90. The van der Waals surface area contributed by atoms with Gasteiger partial charge in [-0.2, -0.15) is 0 Å². The summed E-state index contributed by atoms with van der Waals surface area (Å²) in [4.78, 5) is 3.15. The molecule has 0 unspecified atom stereocenters. The Morgan fingerprint density at radius 2 is 1.95 bits per heavy atom. The number of thioether (sulfide) groups is 1. The molecule has 1 saturated carbocycles. The molecule has 0 aromatic heterocycles. The van der Waals surface area contributed by atoms with Crippen LogP contribution in [0.2, 0.25) is 0 Å². The maximum absolute atomic E-state index is 13.5. The average molecular weight is 282 g/mol. The molecule has 1 aliphatic rings. The minimum absolute atomic E-state index is 0.112. The first-order valence-electron chi connectivity index (χ1n) is 7.00. The minimum Gasteiger partial charge on any atom is -0.328 e. The zero-order valence-electron chi connectivity index (χ0n) is 11.5. The van der Waals surface area contributed by atoms with Crippen LogP contribution in [0.3, 0.4) is 0 Å². The summed E-state index contributed by atoms with van der Waals surface area (Å²) in [6.45, 7) is 0.999. The van der Waals surface area contributed by atoms with Crippen LogP contribution in [0.15, 0.2) is 29.2 Å². The number of hydrogen-bond donors (Lipinski definition) is 1. The molecule has 4 heteroatoms. The van der Waals surface area contributed by atoms with Crippen LogP contribution in [-0.2, 0) is 0 Å². The van der Waals surface area contributed by atoms with Gasteiger partial charge in [0.1, 0.15) is 5.82 Å². The van der Waals surface area contributed by atoms with Crippen molar-refractivity contribution in [2.45, 2.75) is 42.7 Å². The summed E-state index contributed by atoms with van der Waals surface area (Å²) in [7, 11) is 2.17. The molecule has 1 aromatic rings. The van der Waals surface area contributed by atoms with E-state index in [2.05, 4.69) is 11.9 Å². The molecule has 0 spiro atoms. The number of halogens is 1. The highest BCUT2D eigenvalue weighted by atomic mass is 32.2. The van der Waals surface area contributed by atoms with E-state index in [0.29, 0.717) is 12.1 Å². The van der Waals surface area contributed by atoms with Crippen LogP contribution in [0.5, 0.6) is 0 Å². The van der Waals surface area contributed by atoms with Gasteiger partial charge in [0.15, 0.2) is 0 Å². The van der Waals surface area contributed by atoms with E-state index in [0.717, 1.165) is 30.0 Å². The average Bonchev–Trinajstić information content (AvgIpc) is 2.41. The Bertz CT molecular complexity index is 391. The molecule has 0 atom stereocenters. The normalized spacial score (nSPS) is 23.8. The topological polar surface area (TPSA) is 29.3 Å². The number of rotatable bonds is 5. The first-order chi connectivity index (χ1) is 9.16. The van der Waals surface area contributed by atoms with Crippen molar-refractivity contribution in [2.24, 2.45) is 5.73 Å². The summed E-state index contributed by atoms with van der Waals surface area (Å²) in [5, 5.41) is 0. The Morgan fingerprint density at radius 1 is 1.26 bits per heavy atom. The van der Waals surface area contributed by atoms with Crippen molar-refractivity contribution >= 4 is 11.8 Å². The number of benzene rings is 1. The van der Waals surface area contributed by atoms with Crippen LogP contribution < -0.4 is 5.73 Å². The van der Waals surface area contributed by atoms with Crippen LogP contribution in [0, 0.1) is 5.82 Å². The van der Waals surface area contributed by atoms with Crippen molar-refractivity contribution in [1.82, 2.24) is 4.90 Å². The Balaban J connectivity index is 1.72. The predicted molar refractivity (Wildman–Crippen MR) is 80.0 cm³/mol. The number of nitrogens with two attached hydrogens (primary N) is 1. The highest BCUT2D eigenvalue weighted by Crippen LogP contribution is 2.24. The second-order valence-electron chi connectivity index (χ2n) is 5.33. The Morgan fingerprint density at radius 3 is 2.63 bits per heavy atom. The number of nitrogens with zero attached hydrogens (tertiary/aromatic N) is 1. The molecule has 0 aliphatic heterocycles. The first-order valence-corrected chi connectivity index (χ1v) is 7.98. The van der Waals surface area contributed by atoms with Gasteiger partial charge in [-0.05, 0) is 44.9 Å². The summed E-state index contributed by atoms with van der Waals surface area (Å²) >= 11 is 1.60. The maximum Gasteiger partial charge on any atom is 0.136 e. The summed E-state index contributed by atoms with van der Waals surface area (Å²) in [5.74, 6) is 0.818. The zero-order chi connectivity index (χ0) is 13.7. The summed E-state index contributed by atoms with van der Waals surface area (Å²) < 4.78 is 13.5. The molecule has 0 bridgehead atoms. The van der Waals surface area contributed by atoms with Crippen molar-refractivity contribution in [3.05, 3.63) is 30.1 Å². The number of hydrogen-bond acceptors (Lipinski definition) is 3. The molecule has 106 valence electrons. The van der Waals surface area contributed by atoms with Gasteiger partial charge in [0.05, 0.1) is 0 Å². The van der Waals surface area contributed by atoms with Crippen molar-refractivity contribution in [3.63, 3.8) is 0 Å². The van der Waals surface area contributed by atoms with Gasteiger partial charge >= 0.3 is 0 Å². The molecular formula is C15H23FN2S. The molecule has 0 radical (unpaired) electrons. The van der Waals surface area contributed by atoms with E-state index in [9.17, 15) is 4.39 Å². The molecular weight excluding hydrogens is 259 g/mol. The highest BCUT2D eigenvalue weighted by Gasteiger charge is 2.21. The van der Waals surface area contributed by atoms with Crippen LogP contribution in [-0.4, -0.2) is 36.3 Å². The molecule has 19 heavy (non-hydrogen) atoms. The van der Waals surface area contributed by atoms with Crippen molar-refractivity contribution in [3.8, 4) is 0 Å². The molecule has 2 N–H and O–H groups in total. The van der Waals surface area contributed by atoms with Crippen LogP contribution in [0.4, 0.5) is 4.39 Å². The van der Waals surface area contributed by atoms with Crippen LogP contribution >= 0.6 is 11.8 Å². The van der Waals surface area contributed by atoms with Gasteiger partial charge in [-0.25, -0.2) is 4.39 Å². The van der Waals surface area contributed by atoms with Gasteiger partial charge in [-0.15, -0.1) is 11.8 Å². The smallest absolute Gasteiger partial charge is 0.136 e. The van der Waals surface area contributed by atoms with Gasteiger partial charge in [0, 0.05) is 29.3 Å². The van der Waals surface area contributed by atoms with Gasteiger partial charge in [0.2, 0.25) is 0 Å². The first kappa shape index (κ1) is 14.8. The third-order valence-corrected chi connectivity index (χ3v) is 4.93.